The van der Waals surface area contributed by atoms with Crippen LogP contribution in [0.15, 0.2) is 97.1 Å². The van der Waals surface area contributed by atoms with Crippen LogP contribution >= 0.6 is 0 Å². The molecule has 128 valence electrons. The first-order valence-electron chi connectivity index (χ1n) is 9.24. The van der Waals surface area contributed by atoms with Crippen LogP contribution in [-0.2, 0) is 0 Å². The molecule has 1 heteroatoms. The first kappa shape index (κ1) is 15.8. The van der Waals surface area contributed by atoms with Crippen molar-refractivity contribution < 1.29 is 0 Å². The van der Waals surface area contributed by atoms with Gasteiger partial charge in [0.1, 0.15) is 0 Å². The average molecular weight is 345 g/mol. The van der Waals surface area contributed by atoms with E-state index >= 15 is 0 Å². The Morgan fingerprint density at radius 1 is 0.556 bits per heavy atom. The van der Waals surface area contributed by atoms with Crippen LogP contribution in [0.4, 0.5) is 0 Å². The van der Waals surface area contributed by atoms with Crippen molar-refractivity contribution in [3.8, 4) is 22.4 Å². The predicted molar refractivity (Wildman–Crippen MR) is 115 cm³/mol. The Hall–Kier alpha value is -3.45. The summed E-state index contributed by atoms with van der Waals surface area (Å²) in [6.45, 7) is 2.03. The van der Waals surface area contributed by atoms with Crippen LogP contribution in [-0.4, -0.2) is 4.98 Å². The van der Waals surface area contributed by atoms with Crippen LogP contribution in [0, 0.1) is 6.92 Å². The molecule has 0 saturated carbocycles. The molecule has 0 amide bonds. The molecule has 0 bridgehead atoms. The lowest BCUT2D eigenvalue weighted by atomic mass is 9.92. The zero-order chi connectivity index (χ0) is 18.2. The van der Waals surface area contributed by atoms with E-state index in [2.05, 4.69) is 91.0 Å². The third-order valence-corrected chi connectivity index (χ3v) is 5.13. The number of rotatable bonds is 2. The standard InChI is InChI=1S/C26H19N/c1-18-8-6-15-26(27-18)21-11-7-10-19(16-21)25-17-20-9-2-3-12-22(20)23-13-4-5-14-24(23)25/h2-17H,1H3. The van der Waals surface area contributed by atoms with Crippen molar-refractivity contribution in [2.75, 3.05) is 0 Å². The molecule has 0 aliphatic heterocycles. The molecule has 1 aromatic heterocycles. The summed E-state index contributed by atoms with van der Waals surface area (Å²) in [5, 5.41) is 5.15. The fourth-order valence-electron chi connectivity index (χ4n) is 3.84. The van der Waals surface area contributed by atoms with Gasteiger partial charge in [-0.2, -0.15) is 0 Å². The summed E-state index contributed by atoms with van der Waals surface area (Å²) in [6, 6.07) is 34.4. The summed E-state index contributed by atoms with van der Waals surface area (Å²) < 4.78 is 0. The third-order valence-electron chi connectivity index (χ3n) is 5.13. The quantitative estimate of drug-likeness (QED) is 0.313. The Morgan fingerprint density at radius 2 is 1.26 bits per heavy atom. The Balaban J connectivity index is 1.77. The minimum atomic E-state index is 1.02. The van der Waals surface area contributed by atoms with E-state index < -0.39 is 0 Å². The topological polar surface area (TPSA) is 12.9 Å². The first-order chi connectivity index (χ1) is 13.3. The number of aromatic nitrogens is 1. The molecule has 0 N–H and O–H groups in total. The fraction of sp³-hybridized carbons (Fsp3) is 0.0385. The summed E-state index contributed by atoms with van der Waals surface area (Å²) in [5.41, 5.74) is 5.68. The third kappa shape index (κ3) is 2.78. The zero-order valence-electron chi connectivity index (χ0n) is 15.2. The SMILES string of the molecule is Cc1cccc(-c2cccc(-c3cc4ccccc4c4ccccc34)c2)n1. The lowest BCUT2D eigenvalue weighted by molar-refractivity contribution is 1.21. The molecule has 0 radical (unpaired) electrons. The van der Waals surface area contributed by atoms with Crippen LogP contribution in [0.1, 0.15) is 5.69 Å². The average Bonchev–Trinajstić information content (AvgIpc) is 2.73. The molecule has 1 nitrogen and oxygen atoms in total. The van der Waals surface area contributed by atoms with Crippen LogP contribution in [0.3, 0.4) is 0 Å². The molecular formula is C26H19N. The van der Waals surface area contributed by atoms with Gasteiger partial charge in [0.25, 0.3) is 0 Å². The molecule has 0 atom stereocenters. The smallest absolute Gasteiger partial charge is 0.0705 e. The summed E-state index contributed by atoms with van der Waals surface area (Å²) in [5.74, 6) is 0. The number of benzene rings is 4. The highest BCUT2D eigenvalue weighted by Crippen LogP contribution is 2.36. The highest BCUT2D eigenvalue weighted by molar-refractivity contribution is 6.13. The van der Waals surface area contributed by atoms with Crippen LogP contribution in [0.25, 0.3) is 43.9 Å². The molecule has 0 spiro atoms. The van der Waals surface area contributed by atoms with Gasteiger partial charge in [-0.1, -0.05) is 72.8 Å². The van der Waals surface area contributed by atoms with Crippen molar-refractivity contribution in [3.63, 3.8) is 0 Å². The second-order valence-electron chi connectivity index (χ2n) is 6.94. The van der Waals surface area contributed by atoms with E-state index in [1.165, 1.54) is 32.7 Å². The fourth-order valence-corrected chi connectivity index (χ4v) is 3.84. The minimum absolute atomic E-state index is 1.02. The highest BCUT2D eigenvalue weighted by Gasteiger charge is 2.09. The van der Waals surface area contributed by atoms with Gasteiger partial charge in [-0.05, 0) is 63.9 Å². The zero-order valence-corrected chi connectivity index (χ0v) is 15.2. The largest absolute Gasteiger partial charge is 0.253 e. The summed E-state index contributed by atoms with van der Waals surface area (Å²) >= 11 is 0. The predicted octanol–water partition coefficient (Wildman–Crippen LogP) is 7.03. The Kier molecular flexibility index (Phi) is 3.72. The van der Waals surface area contributed by atoms with E-state index in [1.807, 2.05) is 13.0 Å². The Morgan fingerprint density at radius 3 is 2.11 bits per heavy atom. The monoisotopic (exact) mass is 345 g/mol. The van der Waals surface area contributed by atoms with Crippen LogP contribution in [0.2, 0.25) is 0 Å². The van der Waals surface area contributed by atoms with Gasteiger partial charge in [0, 0.05) is 11.3 Å². The molecule has 0 unspecified atom stereocenters. The van der Waals surface area contributed by atoms with Gasteiger partial charge >= 0.3 is 0 Å². The van der Waals surface area contributed by atoms with E-state index in [4.69, 9.17) is 4.98 Å². The second kappa shape index (κ2) is 6.37. The van der Waals surface area contributed by atoms with Crippen molar-refractivity contribution >= 4 is 21.5 Å². The molecule has 4 aromatic carbocycles. The van der Waals surface area contributed by atoms with Gasteiger partial charge in [-0.15, -0.1) is 0 Å². The van der Waals surface area contributed by atoms with Crippen LogP contribution < -0.4 is 0 Å². The maximum atomic E-state index is 4.69. The molecule has 0 aliphatic carbocycles. The highest BCUT2D eigenvalue weighted by atomic mass is 14.7. The van der Waals surface area contributed by atoms with Crippen LogP contribution in [0.5, 0.6) is 0 Å². The molecule has 5 aromatic rings. The maximum absolute atomic E-state index is 4.69. The van der Waals surface area contributed by atoms with Gasteiger partial charge in [0.05, 0.1) is 5.69 Å². The molecule has 0 saturated heterocycles. The molecule has 27 heavy (non-hydrogen) atoms. The lowest BCUT2D eigenvalue weighted by Gasteiger charge is -2.12. The molecule has 0 fully saturated rings. The van der Waals surface area contributed by atoms with Crippen molar-refractivity contribution in [1.82, 2.24) is 4.98 Å². The summed E-state index contributed by atoms with van der Waals surface area (Å²) in [6.07, 6.45) is 0. The number of pyridine rings is 1. The van der Waals surface area contributed by atoms with E-state index in [0.29, 0.717) is 0 Å². The number of fused-ring (bicyclic) bond motifs is 3. The van der Waals surface area contributed by atoms with E-state index in [9.17, 15) is 0 Å². The summed E-state index contributed by atoms with van der Waals surface area (Å²) in [4.78, 5) is 4.69. The van der Waals surface area contributed by atoms with Crippen molar-refractivity contribution in [2.45, 2.75) is 6.92 Å². The Bertz CT molecular complexity index is 1280. The normalized spacial score (nSPS) is 11.1. The van der Waals surface area contributed by atoms with Crippen molar-refractivity contribution in [3.05, 3.63) is 103 Å². The lowest BCUT2D eigenvalue weighted by Crippen LogP contribution is -1.88. The number of hydrogen-bond donors (Lipinski definition) is 0. The van der Waals surface area contributed by atoms with Crippen molar-refractivity contribution in [2.24, 2.45) is 0 Å². The number of aryl methyl sites for hydroxylation is 1. The second-order valence-corrected chi connectivity index (χ2v) is 6.94. The Labute approximate surface area is 158 Å². The van der Waals surface area contributed by atoms with Gasteiger partial charge in [0.2, 0.25) is 0 Å². The van der Waals surface area contributed by atoms with Gasteiger partial charge < -0.3 is 0 Å². The van der Waals surface area contributed by atoms with E-state index in [1.54, 1.807) is 0 Å². The molecule has 5 rings (SSSR count). The van der Waals surface area contributed by atoms with Gasteiger partial charge in [-0.25, -0.2) is 0 Å². The molecule has 0 aliphatic rings. The molecule has 1 heterocycles. The molecular weight excluding hydrogens is 326 g/mol. The van der Waals surface area contributed by atoms with Crippen molar-refractivity contribution in [1.29, 1.82) is 0 Å². The van der Waals surface area contributed by atoms with E-state index in [0.717, 1.165) is 17.0 Å². The van der Waals surface area contributed by atoms with Gasteiger partial charge in [0.15, 0.2) is 0 Å². The maximum Gasteiger partial charge on any atom is 0.0705 e. The minimum Gasteiger partial charge on any atom is -0.253 e. The number of hydrogen-bond acceptors (Lipinski definition) is 1. The van der Waals surface area contributed by atoms with Gasteiger partial charge in [-0.3, -0.25) is 4.98 Å². The van der Waals surface area contributed by atoms with E-state index in [-0.39, 0.29) is 0 Å². The number of nitrogens with zero attached hydrogens (tertiary/aromatic N) is 1. The summed E-state index contributed by atoms with van der Waals surface area (Å²) in [7, 11) is 0. The first-order valence-corrected chi connectivity index (χ1v) is 9.24.